The van der Waals surface area contributed by atoms with Crippen LogP contribution in [0, 0.1) is 6.92 Å². The summed E-state index contributed by atoms with van der Waals surface area (Å²) in [6.45, 7) is 1.39. The van der Waals surface area contributed by atoms with Crippen molar-refractivity contribution in [2.75, 3.05) is 0 Å². The van der Waals surface area contributed by atoms with Gasteiger partial charge in [-0.05, 0) is 30.2 Å². The Hall–Kier alpha value is -1.52. The van der Waals surface area contributed by atoms with Crippen molar-refractivity contribution >= 4 is 5.97 Å². The zero-order valence-corrected chi connectivity index (χ0v) is 7.18. The standard InChI is InChI=1S/C9H7F3O2/c1-5-2-6(8(13)14)4-7(3-5)9(10,11)12/h2-4H,1H3,(H,13,14)/p-1. The number of alkyl halides is 3. The number of carboxylic acid groups (broad SMARTS) is 1. The molecule has 0 amide bonds. The molecule has 0 fully saturated rings. The second-order valence-corrected chi connectivity index (χ2v) is 2.87. The van der Waals surface area contributed by atoms with Crippen LogP contribution in [-0.2, 0) is 6.18 Å². The summed E-state index contributed by atoms with van der Waals surface area (Å²) < 4.78 is 36.6. The number of hydrogen-bond acceptors (Lipinski definition) is 2. The minimum Gasteiger partial charge on any atom is -0.545 e. The maximum absolute atomic E-state index is 12.2. The van der Waals surface area contributed by atoms with Gasteiger partial charge in [-0.15, -0.1) is 0 Å². The van der Waals surface area contributed by atoms with Crippen LogP contribution < -0.4 is 5.11 Å². The maximum Gasteiger partial charge on any atom is 0.416 e. The normalized spacial score (nSPS) is 11.4. The molecule has 0 radical (unpaired) electrons. The number of halogens is 3. The van der Waals surface area contributed by atoms with Gasteiger partial charge in [0.1, 0.15) is 0 Å². The van der Waals surface area contributed by atoms with Gasteiger partial charge < -0.3 is 9.90 Å². The summed E-state index contributed by atoms with van der Waals surface area (Å²) in [7, 11) is 0. The van der Waals surface area contributed by atoms with E-state index < -0.39 is 23.3 Å². The van der Waals surface area contributed by atoms with E-state index in [1.165, 1.54) is 6.92 Å². The van der Waals surface area contributed by atoms with Crippen LogP contribution in [0.15, 0.2) is 18.2 Å². The molecule has 0 aliphatic rings. The molecule has 0 aliphatic heterocycles. The molecular weight excluding hydrogens is 197 g/mol. The first-order valence-corrected chi connectivity index (χ1v) is 3.71. The topological polar surface area (TPSA) is 40.1 Å². The van der Waals surface area contributed by atoms with Gasteiger partial charge in [-0.1, -0.05) is 6.07 Å². The van der Waals surface area contributed by atoms with Gasteiger partial charge in [0.05, 0.1) is 11.5 Å². The molecule has 1 aromatic rings. The predicted octanol–water partition coefficient (Wildman–Crippen LogP) is 1.38. The first-order chi connectivity index (χ1) is 6.30. The highest BCUT2D eigenvalue weighted by Gasteiger charge is 2.30. The average molecular weight is 203 g/mol. The van der Waals surface area contributed by atoms with Crippen LogP contribution in [0.1, 0.15) is 21.5 Å². The fourth-order valence-electron chi connectivity index (χ4n) is 1.06. The highest BCUT2D eigenvalue weighted by Crippen LogP contribution is 2.30. The van der Waals surface area contributed by atoms with Gasteiger partial charge in [-0.2, -0.15) is 13.2 Å². The summed E-state index contributed by atoms with van der Waals surface area (Å²) in [5.41, 5.74) is -1.20. The maximum atomic E-state index is 12.2. The lowest BCUT2D eigenvalue weighted by atomic mass is 10.1. The molecule has 1 rings (SSSR count). The SMILES string of the molecule is Cc1cc(C(=O)[O-])cc(C(F)(F)F)c1. The third-order valence-corrected chi connectivity index (χ3v) is 1.64. The molecule has 0 saturated carbocycles. The zero-order chi connectivity index (χ0) is 10.9. The highest BCUT2D eigenvalue weighted by molar-refractivity contribution is 5.86. The molecule has 0 heterocycles. The molecule has 0 atom stereocenters. The van der Waals surface area contributed by atoms with Crippen molar-refractivity contribution in [2.24, 2.45) is 0 Å². The summed E-state index contributed by atoms with van der Waals surface area (Å²) in [6, 6.07) is 2.57. The third kappa shape index (κ3) is 2.25. The van der Waals surface area contributed by atoms with Crippen LogP contribution in [0.2, 0.25) is 0 Å². The van der Waals surface area contributed by atoms with Crippen LogP contribution in [-0.4, -0.2) is 5.97 Å². The largest absolute Gasteiger partial charge is 0.545 e. The van der Waals surface area contributed by atoms with Crippen molar-refractivity contribution in [1.82, 2.24) is 0 Å². The van der Waals surface area contributed by atoms with E-state index in [2.05, 4.69) is 0 Å². The second-order valence-electron chi connectivity index (χ2n) is 2.87. The Bertz CT molecular complexity index is 369. The fraction of sp³-hybridized carbons (Fsp3) is 0.222. The lowest BCUT2D eigenvalue weighted by Gasteiger charge is -2.10. The Balaban J connectivity index is 3.28. The molecule has 0 N–H and O–H groups in total. The number of aryl methyl sites for hydroxylation is 1. The molecule has 5 heteroatoms. The summed E-state index contributed by atoms with van der Waals surface area (Å²) in [5, 5.41) is 10.4. The summed E-state index contributed by atoms with van der Waals surface area (Å²) in [6.07, 6.45) is -4.53. The molecule has 2 nitrogen and oxygen atoms in total. The molecule has 0 saturated heterocycles. The van der Waals surface area contributed by atoms with Crippen molar-refractivity contribution in [2.45, 2.75) is 13.1 Å². The van der Waals surface area contributed by atoms with E-state index in [9.17, 15) is 23.1 Å². The van der Waals surface area contributed by atoms with E-state index in [0.717, 1.165) is 12.1 Å². The van der Waals surface area contributed by atoms with E-state index in [-0.39, 0.29) is 5.56 Å². The van der Waals surface area contributed by atoms with Gasteiger partial charge in [-0.3, -0.25) is 0 Å². The zero-order valence-electron chi connectivity index (χ0n) is 7.18. The van der Waals surface area contributed by atoms with Crippen molar-refractivity contribution in [3.05, 3.63) is 34.9 Å². The smallest absolute Gasteiger partial charge is 0.416 e. The molecule has 1 aromatic carbocycles. The molecule has 14 heavy (non-hydrogen) atoms. The van der Waals surface area contributed by atoms with Gasteiger partial charge in [0.25, 0.3) is 0 Å². The van der Waals surface area contributed by atoms with Gasteiger partial charge in [0.2, 0.25) is 0 Å². The Labute approximate surface area is 78.0 Å². The lowest BCUT2D eigenvalue weighted by Crippen LogP contribution is -2.23. The van der Waals surface area contributed by atoms with E-state index in [1.54, 1.807) is 0 Å². The number of benzene rings is 1. The third-order valence-electron chi connectivity index (χ3n) is 1.64. The molecule has 0 aliphatic carbocycles. The van der Waals surface area contributed by atoms with Gasteiger partial charge in [-0.25, -0.2) is 0 Å². The van der Waals surface area contributed by atoms with Crippen molar-refractivity contribution in [3.63, 3.8) is 0 Å². The summed E-state index contributed by atoms with van der Waals surface area (Å²) in [4.78, 5) is 10.4. The molecule has 0 unspecified atom stereocenters. The van der Waals surface area contributed by atoms with E-state index in [0.29, 0.717) is 6.07 Å². The van der Waals surface area contributed by atoms with Crippen LogP contribution >= 0.6 is 0 Å². The summed E-state index contributed by atoms with van der Waals surface area (Å²) >= 11 is 0. The Kier molecular flexibility index (Phi) is 2.51. The van der Waals surface area contributed by atoms with Crippen molar-refractivity contribution in [1.29, 1.82) is 0 Å². The quantitative estimate of drug-likeness (QED) is 0.691. The molecule has 76 valence electrons. The Morgan fingerprint density at radius 3 is 2.29 bits per heavy atom. The van der Waals surface area contributed by atoms with E-state index >= 15 is 0 Å². The van der Waals surface area contributed by atoms with Gasteiger partial charge in [0.15, 0.2) is 0 Å². The minimum absolute atomic E-state index is 0.235. The second kappa shape index (κ2) is 3.32. The average Bonchev–Trinajstić information content (AvgIpc) is 2.01. The number of carboxylic acids is 1. The number of aromatic carboxylic acids is 1. The highest BCUT2D eigenvalue weighted by atomic mass is 19.4. The van der Waals surface area contributed by atoms with Gasteiger partial charge >= 0.3 is 6.18 Å². The fourth-order valence-corrected chi connectivity index (χ4v) is 1.06. The first kappa shape index (κ1) is 10.6. The minimum atomic E-state index is -4.53. The molecule has 0 bridgehead atoms. The number of carbonyl (C=O) groups excluding carboxylic acids is 1. The van der Waals surface area contributed by atoms with Crippen molar-refractivity contribution < 1.29 is 23.1 Å². The van der Waals surface area contributed by atoms with Crippen LogP contribution in [0.5, 0.6) is 0 Å². The lowest BCUT2D eigenvalue weighted by molar-refractivity contribution is -0.255. The van der Waals surface area contributed by atoms with Crippen LogP contribution in [0.25, 0.3) is 0 Å². The Morgan fingerprint density at radius 1 is 1.29 bits per heavy atom. The van der Waals surface area contributed by atoms with Crippen LogP contribution in [0.4, 0.5) is 13.2 Å². The predicted molar refractivity (Wildman–Crippen MR) is 40.5 cm³/mol. The van der Waals surface area contributed by atoms with Crippen LogP contribution in [0.3, 0.4) is 0 Å². The van der Waals surface area contributed by atoms with E-state index in [4.69, 9.17) is 0 Å². The number of hydrogen-bond donors (Lipinski definition) is 0. The molecule has 0 aromatic heterocycles. The number of rotatable bonds is 1. The number of carbonyl (C=O) groups is 1. The first-order valence-electron chi connectivity index (χ1n) is 3.71. The monoisotopic (exact) mass is 203 g/mol. The Morgan fingerprint density at radius 2 is 1.86 bits per heavy atom. The van der Waals surface area contributed by atoms with E-state index in [1.807, 2.05) is 0 Å². The molecular formula is C9H6F3O2-. The summed E-state index contributed by atoms with van der Waals surface area (Å²) in [5.74, 6) is -1.61. The van der Waals surface area contributed by atoms with Crippen molar-refractivity contribution in [3.8, 4) is 0 Å². The molecule has 0 spiro atoms. The van der Waals surface area contributed by atoms with Gasteiger partial charge in [0, 0.05) is 0 Å².